The van der Waals surface area contributed by atoms with E-state index in [9.17, 15) is 8.42 Å². The SMILES string of the molecule is Cc1ccc(S(=O)(=O)OCCOC2CNC2)cc1. The Labute approximate surface area is 107 Å². The van der Waals surface area contributed by atoms with Crippen molar-refractivity contribution in [1.82, 2.24) is 5.32 Å². The summed E-state index contributed by atoms with van der Waals surface area (Å²) in [5, 5.41) is 3.07. The first kappa shape index (κ1) is 13.5. The Morgan fingerprint density at radius 1 is 1.22 bits per heavy atom. The zero-order chi connectivity index (χ0) is 13.0. The summed E-state index contributed by atoms with van der Waals surface area (Å²) in [7, 11) is -3.66. The highest BCUT2D eigenvalue weighted by molar-refractivity contribution is 7.86. The molecule has 1 aliphatic rings. The van der Waals surface area contributed by atoms with E-state index in [-0.39, 0.29) is 24.2 Å². The van der Waals surface area contributed by atoms with Crippen LogP contribution in [0.25, 0.3) is 0 Å². The molecule has 0 amide bonds. The fourth-order valence-electron chi connectivity index (χ4n) is 1.51. The molecule has 0 bridgehead atoms. The van der Waals surface area contributed by atoms with Crippen molar-refractivity contribution in [2.45, 2.75) is 17.9 Å². The number of hydrogen-bond donors (Lipinski definition) is 1. The smallest absolute Gasteiger partial charge is 0.297 e. The monoisotopic (exact) mass is 271 g/mol. The third kappa shape index (κ3) is 3.52. The minimum absolute atomic E-state index is 0.0483. The predicted molar refractivity (Wildman–Crippen MR) is 66.9 cm³/mol. The summed E-state index contributed by atoms with van der Waals surface area (Å²) < 4.78 is 33.8. The maximum absolute atomic E-state index is 11.8. The zero-order valence-corrected chi connectivity index (χ0v) is 11.1. The van der Waals surface area contributed by atoms with Crippen molar-refractivity contribution in [2.24, 2.45) is 0 Å². The molecule has 0 aliphatic carbocycles. The minimum atomic E-state index is -3.66. The topological polar surface area (TPSA) is 64.6 Å². The summed E-state index contributed by atoms with van der Waals surface area (Å²) in [4.78, 5) is 0.179. The van der Waals surface area contributed by atoms with Crippen molar-refractivity contribution in [3.05, 3.63) is 29.8 Å². The van der Waals surface area contributed by atoms with Gasteiger partial charge in [0.1, 0.15) is 0 Å². The number of rotatable bonds is 6. The van der Waals surface area contributed by atoms with Crippen LogP contribution in [0.5, 0.6) is 0 Å². The van der Waals surface area contributed by atoms with Gasteiger partial charge in [-0.2, -0.15) is 8.42 Å². The molecule has 0 unspecified atom stereocenters. The van der Waals surface area contributed by atoms with Gasteiger partial charge in [-0.05, 0) is 19.1 Å². The molecule has 1 saturated heterocycles. The number of nitrogens with one attached hydrogen (secondary N) is 1. The molecule has 6 heteroatoms. The fourth-order valence-corrected chi connectivity index (χ4v) is 2.40. The Bertz CT molecular complexity index is 479. The number of hydrogen-bond acceptors (Lipinski definition) is 5. The van der Waals surface area contributed by atoms with Crippen LogP contribution in [0.2, 0.25) is 0 Å². The third-order valence-electron chi connectivity index (χ3n) is 2.73. The van der Waals surface area contributed by atoms with Crippen LogP contribution in [0.3, 0.4) is 0 Å². The van der Waals surface area contributed by atoms with Crippen molar-refractivity contribution in [2.75, 3.05) is 26.3 Å². The van der Waals surface area contributed by atoms with Gasteiger partial charge in [0.05, 0.1) is 24.2 Å². The number of ether oxygens (including phenoxy) is 1. The van der Waals surface area contributed by atoms with E-state index >= 15 is 0 Å². The average Bonchev–Trinajstić information content (AvgIpc) is 2.27. The van der Waals surface area contributed by atoms with Gasteiger partial charge in [-0.15, -0.1) is 0 Å². The number of aryl methyl sites for hydroxylation is 1. The summed E-state index contributed by atoms with van der Waals surface area (Å²) in [6, 6.07) is 6.57. The van der Waals surface area contributed by atoms with Gasteiger partial charge in [0.25, 0.3) is 10.1 Å². The Balaban J connectivity index is 1.81. The molecule has 5 nitrogen and oxygen atoms in total. The second-order valence-corrected chi connectivity index (χ2v) is 5.86. The number of benzene rings is 1. The van der Waals surface area contributed by atoms with E-state index in [0.29, 0.717) is 0 Å². The van der Waals surface area contributed by atoms with Crippen molar-refractivity contribution >= 4 is 10.1 Å². The first-order valence-electron chi connectivity index (χ1n) is 5.86. The van der Waals surface area contributed by atoms with Gasteiger partial charge in [-0.25, -0.2) is 0 Å². The molecule has 1 heterocycles. The van der Waals surface area contributed by atoms with Crippen LogP contribution in [0, 0.1) is 6.92 Å². The van der Waals surface area contributed by atoms with Gasteiger partial charge in [0, 0.05) is 13.1 Å². The molecule has 0 saturated carbocycles. The third-order valence-corrected chi connectivity index (χ3v) is 4.06. The lowest BCUT2D eigenvalue weighted by Crippen LogP contribution is -2.48. The predicted octanol–water partition coefficient (Wildman–Crippen LogP) is 0.689. The first-order valence-corrected chi connectivity index (χ1v) is 7.27. The van der Waals surface area contributed by atoms with Gasteiger partial charge >= 0.3 is 0 Å². The molecule has 1 fully saturated rings. The van der Waals surface area contributed by atoms with Crippen LogP contribution < -0.4 is 5.32 Å². The van der Waals surface area contributed by atoms with Gasteiger partial charge < -0.3 is 10.1 Å². The Kier molecular flexibility index (Phi) is 4.34. The fraction of sp³-hybridized carbons (Fsp3) is 0.500. The van der Waals surface area contributed by atoms with Crippen molar-refractivity contribution in [3.63, 3.8) is 0 Å². The lowest BCUT2D eigenvalue weighted by molar-refractivity contribution is 0.00536. The summed E-state index contributed by atoms with van der Waals surface area (Å²) in [5.41, 5.74) is 1.01. The first-order chi connectivity index (χ1) is 8.58. The van der Waals surface area contributed by atoms with Gasteiger partial charge in [-0.3, -0.25) is 4.18 Å². The van der Waals surface area contributed by atoms with Crippen LogP contribution >= 0.6 is 0 Å². The maximum atomic E-state index is 11.8. The highest BCUT2D eigenvalue weighted by Gasteiger charge is 2.18. The maximum Gasteiger partial charge on any atom is 0.297 e. The molecule has 1 aromatic carbocycles. The van der Waals surface area contributed by atoms with Gasteiger partial charge in [0.15, 0.2) is 0 Å². The molecular weight excluding hydrogens is 254 g/mol. The normalized spacial score (nSPS) is 16.5. The van der Waals surface area contributed by atoms with Gasteiger partial charge in [-0.1, -0.05) is 17.7 Å². The second-order valence-electron chi connectivity index (χ2n) is 4.24. The van der Waals surface area contributed by atoms with Crippen LogP contribution in [-0.4, -0.2) is 40.8 Å². The van der Waals surface area contributed by atoms with E-state index in [0.717, 1.165) is 18.7 Å². The molecule has 1 N–H and O–H groups in total. The Morgan fingerprint density at radius 2 is 1.89 bits per heavy atom. The van der Waals surface area contributed by atoms with E-state index < -0.39 is 10.1 Å². The molecule has 1 aromatic rings. The van der Waals surface area contributed by atoms with E-state index in [2.05, 4.69) is 5.32 Å². The molecule has 18 heavy (non-hydrogen) atoms. The van der Waals surface area contributed by atoms with E-state index in [1.165, 1.54) is 0 Å². The highest BCUT2D eigenvalue weighted by atomic mass is 32.2. The molecule has 0 atom stereocenters. The summed E-state index contributed by atoms with van der Waals surface area (Å²) in [6.45, 7) is 3.89. The summed E-state index contributed by atoms with van der Waals surface area (Å²) in [6.07, 6.45) is 0.190. The van der Waals surface area contributed by atoms with E-state index in [1.807, 2.05) is 6.92 Å². The zero-order valence-electron chi connectivity index (χ0n) is 10.3. The molecule has 2 rings (SSSR count). The highest BCUT2D eigenvalue weighted by Crippen LogP contribution is 2.13. The molecule has 0 aromatic heterocycles. The van der Waals surface area contributed by atoms with Crippen LogP contribution in [0.15, 0.2) is 29.2 Å². The lowest BCUT2D eigenvalue weighted by Gasteiger charge is -2.26. The molecule has 0 radical (unpaired) electrons. The second kappa shape index (κ2) is 5.79. The summed E-state index contributed by atoms with van der Waals surface area (Å²) in [5.74, 6) is 0. The van der Waals surface area contributed by atoms with Crippen molar-refractivity contribution in [3.8, 4) is 0 Å². The molecule has 0 spiro atoms. The Morgan fingerprint density at radius 3 is 2.44 bits per heavy atom. The average molecular weight is 271 g/mol. The van der Waals surface area contributed by atoms with Crippen LogP contribution in [0.4, 0.5) is 0 Å². The Hall–Kier alpha value is -0.950. The molecule has 1 aliphatic heterocycles. The summed E-state index contributed by atoms with van der Waals surface area (Å²) >= 11 is 0. The van der Waals surface area contributed by atoms with E-state index in [4.69, 9.17) is 8.92 Å². The lowest BCUT2D eigenvalue weighted by atomic mass is 10.2. The molecular formula is C12H17NO4S. The van der Waals surface area contributed by atoms with Gasteiger partial charge in [0.2, 0.25) is 0 Å². The standard InChI is InChI=1S/C12H17NO4S/c1-10-2-4-12(5-3-10)18(14,15)17-7-6-16-11-8-13-9-11/h2-5,11,13H,6-9H2,1H3. The van der Waals surface area contributed by atoms with Crippen molar-refractivity contribution in [1.29, 1.82) is 0 Å². The minimum Gasteiger partial charge on any atom is -0.373 e. The van der Waals surface area contributed by atoms with Crippen LogP contribution in [-0.2, 0) is 19.0 Å². The van der Waals surface area contributed by atoms with E-state index in [1.54, 1.807) is 24.3 Å². The quantitative estimate of drug-likeness (QED) is 0.609. The van der Waals surface area contributed by atoms with Crippen LogP contribution in [0.1, 0.15) is 5.56 Å². The van der Waals surface area contributed by atoms with Crippen molar-refractivity contribution < 1.29 is 17.3 Å². The molecule has 100 valence electrons. The largest absolute Gasteiger partial charge is 0.373 e.